The van der Waals surface area contributed by atoms with Crippen LogP contribution in [0.4, 0.5) is 5.69 Å². The molecule has 1 aromatic heterocycles. The van der Waals surface area contributed by atoms with Crippen molar-refractivity contribution in [3.05, 3.63) is 34.9 Å². The van der Waals surface area contributed by atoms with E-state index in [1.165, 1.54) is 17.3 Å². The molecule has 2 aliphatic rings. The minimum Gasteiger partial charge on any atom is -0.395 e. The minimum atomic E-state index is -0.498. The van der Waals surface area contributed by atoms with Gasteiger partial charge in [-0.25, -0.2) is 4.98 Å². The van der Waals surface area contributed by atoms with Crippen LogP contribution in [0.25, 0.3) is 10.9 Å². The first-order valence-electron chi connectivity index (χ1n) is 10.4. The van der Waals surface area contributed by atoms with Crippen molar-refractivity contribution in [3.63, 3.8) is 0 Å². The summed E-state index contributed by atoms with van der Waals surface area (Å²) in [6.07, 6.45) is 6.89. The van der Waals surface area contributed by atoms with Crippen molar-refractivity contribution in [3.8, 4) is 0 Å². The van der Waals surface area contributed by atoms with Crippen LogP contribution in [0.15, 0.2) is 29.3 Å². The molecule has 152 valence electrons. The molecule has 1 aliphatic carbocycles. The van der Waals surface area contributed by atoms with E-state index in [1.54, 1.807) is 0 Å². The highest BCUT2D eigenvalue weighted by molar-refractivity contribution is 5.81. The highest BCUT2D eigenvalue weighted by Crippen LogP contribution is 2.29. The molecule has 2 aromatic rings. The molecule has 7 heteroatoms. The van der Waals surface area contributed by atoms with Crippen molar-refractivity contribution in [2.24, 2.45) is 0 Å². The summed E-state index contributed by atoms with van der Waals surface area (Å²) in [7, 11) is 0. The van der Waals surface area contributed by atoms with Gasteiger partial charge in [0.25, 0.3) is 5.56 Å². The predicted molar refractivity (Wildman–Crippen MR) is 110 cm³/mol. The predicted octanol–water partition coefficient (Wildman–Crippen LogP) is 1.21. The Hall–Kier alpha value is -1.96. The largest absolute Gasteiger partial charge is 0.395 e. The van der Waals surface area contributed by atoms with Crippen molar-refractivity contribution in [2.45, 2.75) is 44.2 Å². The van der Waals surface area contributed by atoms with Crippen LogP contribution in [-0.2, 0) is 6.54 Å². The second-order valence-corrected chi connectivity index (χ2v) is 8.22. The maximum Gasteiger partial charge on any atom is 0.261 e. The van der Waals surface area contributed by atoms with Gasteiger partial charge in [-0.15, -0.1) is 0 Å². The molecule has 0 atom stereocenters. The molecule has 0 spiro atoms. The summed E-state index contributed by atoms with van der Waals surface area (Å²) in [6, 6.07) is 5.80. The first kappa shape index (κ1) is 19.4. The van der Waals surface area contributed by atoms with Crippen LogP contribution in [0.2, 0.25) is 0 Å². The van der Waals surface area contributed by atoms with E-state index in [2.05, 4.69) is 14.8 Å². The number of anilines is 1. The monoisotopic (exact) mass is 386 g/mol. The second kappa shape index (κ2) is 8.19. The number of rotatable bonds is 5. The number of fused-ring (bicyclic) bond motifs is 1. The Morgan fingerprint density at radius 1 is 1.07 bits per heavy atom. The van der Waals surface area contributed by atoms with Gasteiger partial charge in [0.2, 0.25) is 0 Å². The molecular formula is C21H30N4O3. The lowest BCUT2D eigenvalue weighted by molar-refractivity contribution is -0.0271. The van der Waals surface area contributed by atoms with Crippen molar-refractivity contribution < 1.29 is 10.2 Å². The Labute approximate surface area is 165 Å². The van der Waals surface area contributed by atoms with Crippen molar-refractivity contribution in [1.82, 2.24) is 14.5 Å². The zero-order valence-electron chi connectivity index (χ0n) is 16.4. The molecule has 2 N–H and O–H groups in total. The Kier molecular flexibility index (Phi) is 5.66. The van der Waals surface area contributed by atoms with E-state index in [0.29, 0.717) is 10.9 Å². The molecule has 1 saturated heterocycles. The zero-order chi connectivity index (χ0) is 19.6. The van der Waals surface area contributed by atoms with Gasteiger partial charge in [-0.05, 0) is 31.0 Å². The SMILES string of the molecule is O=c1c2ccc(N3CCN(CC4(O)CCCCC4)CC3)cc2ncn1CCO. The molecular weight excluding hydrogens is 356 g/mol. The molecule has 1 saturated carbocycles. The standard InChI is InChI=1S/C21H30N4O3/c26-13-12-25-16-22-19-14-17(4-5-18(19)20(25)27)24-10-8-23(9-11-24)15-21(28)6-2-1-3-7-21/h4-5,14,16,26,28H,1-3,6-13,15H2. The molecule has 0 amide bonds. The van der Waals surface area contributed by atoms with Gasteiger partial charge < -0.3 is 15.1 Å². The maximum atomic E-state index is 12.4. The summed E-state index contributed by atoms with van der Waals surface area (Å²) in [5.74, 6) is 0. The fraction of sp³-hybridized carbons (Fsp3) is 0.619. The van der Waals surface area contributed by atoms with E-state index in [-0.39, 0.29) is 18.7 Å². The number of piperazine rings is 1. The van der Waals surface area contributed by atoms with E-state index in [9.17, 15) is 9.90 Å². The van der Waals surface area contributed by atoms with Crippen LogP contribution in [0.5, 0.6) is 0 Å². The van der Waals surface area contributed by atoms with E-state index in [0.717, 1.165) is 64.1 Å². The summed E-state index contributed by atoms with van der Waals surface area (Å²) in [5.41, 5.74) is 1.16. The number of benzene rings is 1. The van der Waals surface area contributed by atoms with Gasteiger partial charge in [-0.3, -0.25) is 14.3 Å². The molecule has 0 unspecified atom stereocenters. The topological polar surface area (TPSA) is 81.8 Å². The third-order valence-electron chi connectivity index (χ3n) is 6.19. The summed E-state index contributed by atoms with van der Waals surface area (Å²) >= 11 is 0. The Morgan fingerprint density at radius 2 is 1.82 bits per heavy atom. The van der Waals surface area contributed by atoms with E-state index < -0.39 is 5.60 Å². The van der Waals surface area contributed by atoms with E-state index in [1.807, 2.05) is 18.2 Å². The minimum absolute atomic E-state index is 0.0788. The van der Waals surface area contributed by atoms with Gasteiger partial charge in [0.1, 0.15) is 0 Å². The number of nitrogens with zero attached hydrogens (tertiary/aromatic N) is 4. The molecule has 4 rings (SSSR count). The number of hydrogen-bond acceptors (Lipinski definition) is 6. The Balaban J connectivity index is 1.42. The van der Waals surface area contributed by atoms with Crippen LogP contribution in [-0.4, -0.2) is 69.6 Å². The van der Waals surface area contributed by atoms with Crippen LogP contribution in [0.3, 0.4) is 0 Å². The van der Waals surface area contributed by atoms with Crippen LogP contribution in [0, 0.1) is 0 Å². The molecule has 1 aliphatic heterocycles. The molecule has 7 nitrogen and oxygen atoms in total. The van der Waals surface area contributed by atoms with Crippen molar-refractivity contribution in [2.75, 3.05) is 44.2 Å². The summed E-state index contributed by atoms with van der Waals surface area (Å²) in [5, 5.41) is 20.4. The highest BCUT2D eigenvalue weighted by Gasteiger charge is 2.32. The van der Waals surface area contributed by atoms with Crippen molar-refractivity contribution in [1.29, 1.82) is 0 Å². The molecule has 0 bridgehead atoms. The zero-order valence-corrected chi connectivity index (χ0v) is 16.4. The van der Waals surface area contributed by atoms with Crippen molar-refractivity contribution >= 4 is 16.6 Å². The fourth-order valence-electron chi connectivity index (χ4n) is 4.56. The first-order valence-corrected chi connectivity index (χ1v) is 10.4. The smallest absolute Gasteiger partial charge is 0.261 e. The lowest BCUT2D eigenvalue weighted by Gasteiger charge is -2.41. The third-order valence-corrected chi connectivity index (χ3v) is 6.19. The lowest BCUT2D eigenvalue weighted by atomic mass is 9.84. The number of aliphatic hydroxyl groups is 2. The quantitative estimate of drug-likeness (QED) is 0.804. The second-order valence-electron chi connectivity index (χ2n) is 8.22. The van der Waals surface area contributed by atoms with Crippen LogP contribution < -0.4 is 10.5 Å². The van der Waals surface area contributed by atoms with E-state index >= 15 is 0 Å². The lowest BCUT2D eigenvalue weighted by Crippen LogP contribution is -2.52. The summed E-state index contributed by atoms with van der Waals surface area (Å²) in [6.45, 7) is 4.65. The summed E-state index contributed by atoms with van der Waals surface area (Å²) < 4.78 is 1.44. The molecule has 28 heavy (non-hydrogen) atoms. The Morgan fingerprint density at radius 3 is 2.54 bits per heavy atom. The maximum absolute atomic E-state index is 12.4. The van der Waals surface area contributed by atoms with Gasteiger partial charge in [-0.1, -0.05) is 19.3 Å². The highest BCUT2D eigenvalue weighted by atomic mass is 16.3. The Bertz CT molecular complexity index is 868. The molecule has 1 aromatic carbocycles. The van der Waals surface area contributed by atoms with Crippen LogP contribution >= 0.6 is 0 Å². The number of aliphatic hydroxyl groups excluding tert-OH is 1. The van der Waals surface area contributed by atoms with Gasteiger partial charge >= 0.3 is 0 Å². The van der Waals surface area contributed by atoms with Gasteiger partial charge in [0, 0.05) is 38.4 Å². The number of β-amino-alcohol motifs (C(OH)–C–C–N with tert-alkyl or cyclic N) is 1. The average molecular weight is 386 g/mol. The number of hydrogen-bond donors (Lipinski definition) is 2. The summed E-state index contributed by atoms with van der Waals surface area (Å²) in [4.78, 5) is 21.5. The van der Waals surface area contributed by atoms with E-state index in [4.69, 9.17) is 5.11 Å². The normalized spacial score (nSPS) is 20.6. The first-order chi connectivity index (χ1) is 13.6. The molecule has 0 radical (unpaired) electrons. The van der Waals surface area contributed by atoms with Crippen LogP contribution in [0.1, 0.15) is 32.1 Å². The fourth-order valence-corrected chi connectivity index (χ4v) is 4.56. The van der Waals surface area contributed by atoms with Gasteiger partial charge in [0.05, 0.1) is 36.0 Å². The molecule has 2 fully saturated rings. The molecule has 2 heterocycles. The average Bonchev–Trinajstić information content (AvgIpc) is 2.71. The third kappa shape index (κ3) is 4.06. The van der Waals surface area contributed by atoms with Gasteiger partial charge in [0.15, 0.2) is 0 Å². The number of aromatic nitrogens is 2. The van der Waals surface area contributed by atoms with Gasteiger partial charge in [-0.2, -0.15) is 0 Å².